The van der Waals surface area contributed by atoms with Crippen molar-refractivity contribution in [3.63, 3.8) is 0 Å². The summed E-state index contributed by atoms with van der Waals surface area (Å²) in [6, 6.07) is 19.0. The highest BCUT2D eigenvalue weighted by molar-refractivity contribution is 9.10. The largest absolute Gasteiger partial charge is 0.355 e. The minimum atomic E-state index is -3.97. The summed E-state index contributed by atoms with van der Waals surface area (Å²) in [6.07, 6.45) is 1.16. The molecule has 0 aliphatic rings. The summed E-state index contributed by atoms with van der Waals surface area (Å²) in [7, 11) is -3.97. The first-order valence-electron chi connectivity index (χ1n) is 11.8. The van der Waals surface area contributed by atoms with Crippen LogP contribution in [0.1, 0.15) is 18.1 Å². The van der Waals surface area contributed by atoms with Crippen LogP contribution < -0.4 is 9.62 Å². The Morgan fingerprint density at radius 1 is 1.03 bits per heavy atom. The monoisotopic (exact) mass is 623 g/mol. The van der Waals surface area contributed by atoms with Gasteiger partial charge in [0.1, 0.15) is 18.4 Å². The van der Waals surface area contributed by atoms with Crippen molar-refractivity contribution >= 4 is 55.1 Å². The van der Waals surface area contributed by atoms with E-state index < -0.39 is 34.3 Å². The molecule has 0 aromatic heterocycles. The van der Waals surface area contributed by atoms with Crippen molar-refractivity contribution < 1.29 is 22.4 Å². The third-order valence-corrected chi connectivity index (χ3v) is 7.72. The minimum Gasteiger partial charge on any atom is -0.355 e. The van der Waals surface area contributed by atoms with Gasteiger partial charge in [-0.15, -0.1) is 0 Å². The fourth-order valence-electron chi connectivity index (χ4n) is 3.89. The lowest BCUT2D eigenvalue weighted by Crippen LogP contribution is -2.53. The normalized spacial score (nSPS) is 12.0. The van der Waals surface area contributed by atoms with Crippen LogP contribution in [0.5, 0.6) is 0 Å². The maximum atomic E-state index is 13.9. The van der Waals surface area contributed by atoms with Gasteiger partial charge in [-0.3, -0.25) is 13.9 Å². The lowest BCUT2D eigenvalue weighted by atomic mass is 10.0. The second kappa shape index (κ2) is 13.2. The summed E-state index contributed by atoms with van der Waals surface area (Å²) < 4.78 is 40.9. The van der Waals surface area contributed by atoms with Gasteiger partial charge in [0, 0.05) is 24.0 Å². The zero-order valence-electron chi connectivity index (χ0n) is 20.9. The molecule has 3 aromatic carbocycles. The molecule has 0 aliphatic heterocycles. The van der Waals surface area contributed by atoms with Crippen LogP contribution in [0.3, 0.4) is 0 Å². The molecule has 0 fully saturated rings. The Morgan fingerprint density at radius 3 is 2.26 bits per heavy atom. The standard InChI is InChI=1S/C27H28BrClFN3O4S/c1-3-31-27(35)25(15-19-7-5-4-6-8-19)32(17-20-9-11-21(28)12-10-20)26(34)18-33(38(2,36)37)22-13-14-24(30)23(29)16-22/h4-14,16,25H,3,15,17-18H2,1-2H3,(H,31,35)/t25-/m0/s1. The molecule has 0 bridgehead atoms. The molecule has 0 unspecified atom stereocenters. The molecule has 0 radical (unpaired) electrons. The van der Waals surface area contributed by atoms with E-state index in [2.05, 4.69) is 21.2 Å². The van der Waals surface area contributed by atoms with Crippen LogP contribution in [0.25, 0.3) is 0 Å². The van der Waals surface area contributed by atoms with E-state index in [1.54, 1.807) is 6.92 Å². The molecular weight excluding hydrogens is 597 g/mol. The fourth-order valence-corrected chi connectivity index (χ4v) is 5.17. The number of sulfonamides is 1. The van der Waals surface area contributed by atoms with Gasteiger partial charge in [-0.25, -0.2) is 12.8 Å². The number of hydrogen-bond donors (Lipinski definition) is 1. The molecule has 0 saturated carbocycles. The number of halogens is 3. The van der Waals surface area contributed by atoms with Crippen molar-refractivity contribution in [1.82, 2.24) is 10.2 Å². The summed E-state index contributed by atoms with van der Waals surface area (Å²) in [5.41, 5.74) is 1.62. The number of anilines is 1. The zero-order chi connectivity index (χ0) is 27.9. The molecule has 3 aromatic rings. The van der Waals surface area contributed by atoms with Gasteiger partial charge in [0.15, 0.2) is 0 Å². The van der Waals surface area contributed by atoms with Gasteiger partial charge in [0.25, 0.3) is 0 Å². The molecule has 0 saturated heterocycles. The number of likely N-dealkylation sites (N-methyl/N-ethyl adjacent to an activating group) is 1. The van der Waals surface area contributed by atoms with Crippen LogP contribution in [0.15, 0.2) is 77.3 Å². The summed E-state index contributed by atoms with van der Waals surface area (Å²) >= 11 is 9.29. The molecule has 7 nitrogen and oxygen atoms in total. The van der Waals surface area contributed by atoms with E-state index in [4.69, 9.17) is 11.6 Å². The highest BCUT2D eigenvalue weighted by atomic mass is 79.9. The van der Waals surface area contributed by atoms with Gasteiger partial charge in [-0.2, -0.15) is 0 Å². The number of amides is 2. The molecular formula is C27H28BrClFN3O4S. The fraction of sp³-hybridized carbons (Fsp3) is 0.259. The minimum absolute atomic E-state index is 0.0356. The first-order valence-corrected chi connectivity index (χ1v) is 14.8. The maximum absolute atomic E-state index is 13.9. The number of nitrogens with zero attached hydrogens (tertiary/aromatic N) is 2. The maximum Gasteiger partial charge on any atom is 0.244 e. The number of nitrogens with one attached hydrogen (secondary N) is 1. The van der Waals surface area contributed by atoms with Crippen molar-refractivity contribution in [1.29, 1.82) is 0 Å². The first-order chi connectivity index (χ1) is 18.0. The van der Waals surface area contributed by atoms with E-state index in [-0.39, 0.29) is 29.6 Å². The predicted molar refractivity (Wildman–Crippen MR) is 151 cm³/mol. The van der Waals surface area contributed by atoms with E-state index in [0.717, 1.165) is 38.3 Å². The highest BCUT2D eigenvalue weighted by Crippen LogP contribution is 2.25. The number of benzene rings is 3. The lowest BCUT2D eigenvalue weighted by Gasteiger charge is -2.33. The number of rotatable bonds is 11. The Labute approximate surface area is 235 Å². The van der Waals surface area contributed by atoms with Crippen molar-refractivity contribution in [2.45, 2.75) is 25.9 Å². The Bertz CT molecular complexity index is 1370. The van der Waals surface area contributed by atoms with Gasteiger partial charge in [0.05, 0.1) is 17.0 Å². The topological polar surface area (TPSA) is 86.8 Å². The van der Waals surface area contributed by atoms with Crippen LogP contribution in [0.4, 0.5) is 10.1 Å². The lowest BCUT2D eigenvalue weighted by molar-refractivity contribution is -0.140. The van der Waals surface area contributed by atoms with E-state index in [1.165, 1.54) is 11.0 Å². The number of hydrogen-bond acceptors (Lipinski definition) is 4. The van der Waals surface area contributed by atoms with Gasteiger partial charge in [-0.05, 0) is 48.4 Å². The zero-order valence-corrected chi connectivity index (χ0v) is 24.1. The van der Waals surface area contributed by atoms with Crippen LogP contribution >= 0.6 is 27.5 Å². The third kappa shape index (κ3) is 8.02. The van der Waals surface area contributed by atoms with E-state index in [1.807, 2.05) is 54.6 Å². The second-order valence-corrected chi connectivity index (χ2v) is 11.8. The molecule has 38 heavy (non-hydrogen) atoms. The van der Waals surface area contributed by atoms with Crippen molar-refractivity contribution in [2.24, 2.45) is 0 Å². The SMILES string of the molecule is CCNC(=O)[C@H](Cc1ccccc1)N(Cc1ccc(Br)cc1)C(=O)CN(c1ccc(F)c(Cl)c1)S(C)(=O)=O. The molecule has 2 amide bonds. The summed E-state index contributed by atoms with van der Waals surface area (Å²) in [5.74, 6) is -1.69. The van der Waals surface area contributed by atoms with E-state index in [0.29, 0.717) is 6.54 Å². The molecule has 0 aliphatic carbocycles. The number of carbonyl (C=O) groups is 2. The average Bonchev–Trinajstić information content (AvgIpc) is 2.87. The van der Waals surface area contributed by atoms with Crippen molar-refractivity contribution in [3.8, 4) is 0 Å². The van der Waals surface area contributed by atoms with Crippen LogP contribution in [-0.2, 0) is 32.6 Å². The molecule has 0 spiro atoms. The van der Waals surface area contributed by atoms with Crippen molar-refractivity contribution in [2.75, 3.05) is 23.7 Å². The summed E-state index contributed by atoms with van der Waals surface area (Å²) in [4.78, 5) is 28.5. The van der Waals surface area contributed by atoms with Crippen LogP contribution in [-0.4, -0.2) is 50.5 Å². The van der Waals surface area contributed by atoms with E-state index in [9.17, 15) is 22.4 Å². The van der Waals surface area contributed by atoms with Crippen molar-refractivity contribution in [3.05, 3.63) is 99.2 Å². The van der Waals surface area contributed by atoms with Gasteiger partial charge in [-0.1, -0.05) is 70.0 Å². The van der Waals surface area contributed by atoms with Crippen LogP contribution in [0, 0.1) is 5.82 Å². The highest BCUT2D eigenvalue weighted by Gasteiger charge is 2.33. The smallest absolute Gasteiger partial charge is 0.244 e. The molecule has 11 heteroatoms. The van der Waals surface area contributed by atoms with Gasteiger partial charge >= 0.3 is 0 Å². The first kappa shape index (κ1) is 29.6. The third-order valence-electron chi connectivity index (χ3n) is 5.76. The Kier molecular flexibility index (Phi) is 10.3. The molecule has 1 N–H and O–H groups in total. The Balaban J connectivity index is 2.04. The Hall–Kier alpha value is -2.95. The van der Waals surface area contributed by atoms with Crippen LogP contribution in [0.2, 0.25) is 5.02 Å². The summed E-state index contributed by atoms with van der Waals surface area (Å²) in [5, 5.41) is 2.52. The predicted octanol–water partition coefficient (Wildman–Crippen LogP) is 4.78. The molecule has 1 atom stereocenters. The molecule has 202 valence electrons. The van der Waals surface area contributed by atoms with Gasteiger partial charge < -0.3 is 10.2 Å². The molecule has 3 rings (SSSR count). The second-order valence-electron chi connectivity index (χ2n) is 8.62. The molecule has 0 heterocycles. The van der Waals surface area contributed by atoms with E-state index >= 15 is 0 Å². The van der Waals surface area contributed by atoms with Gasteiger partial charge in [0.2, 0.25) is 21.8 Å². The number of carbonyl (C=O) groups excluding carboxylic acids is 2. The Morgan fingerprint density at radius 2 is 1.68 bits per heavy atom. The average molecular weight is 625 g/mol. The summed E-state index contributed by atoms with van der Waals surface area (Å²) in [6.45, 7) is 1.58. The quantitative estimate of drug-likeness (QED) is 0.333.